The number of ether oxygens (including phenoxy) is 1. The first-order valence-electron chi connectivity index (χ1n) is 8.51. The Hall–Kier alpha value is -2.82. The molecule has 0 saturated carbocycles. The number of carbonyl (C=O) groups is 2. The van der Waals surface area contributed by atoms with Crippen molar-refractivity contribution in [2.24, 2.45) is 5.41 Å². The summed E-state index contributed by atoms with van der Waals surface area (Å²) in [6, 6.07) is 14.6. The maximum absolute atomic E-state index is 12.8. The molecule has 26 heavy (non-hydrogen) atoms. The van der Waals surface area contributed by atoms with E-state index in [2.05, 4.69) is 5.32 Å². The molecule has 0 radical (unpaired) electrons. The number of hydrogen-bond acceptors (Lipinski definition) is 3. The molecule has 0 spiro atoms. The first-order valence-corrected chi connectivity index (χ1v) is 8.51. The molecule has 5 nitrogen and oxygen atoms in total. The van der Waals surface area contributed by atoms with Crippen molar-refractivity contribution in [3.63, 3.8) is 0 Å². The molecule has 2 rings (SSSR count). The van der Waals surface area contributed by atoms with E-state index in [1.165, 1.54) is 0 Å². The van der Waals surface area contributed by atoms with Gasteiger partial charge in [-0.2, -0.15) is 0 Å². The van der Waals surface area contributed by atoms with Crippen LogP contribution < -0.4 is 10.1 Å². The van der Waals surface area contributed by atoms with E-state index in [1.54, 1.807) is 43.3 Å². The Balaban J connectivity index is 2.14. The summed E-state index contributed by atoms with van der Waals surface area (Å²) in [7, 11) is 3.36. The van der Waals surface area contributed by atoms with E-state index >= 15 is 0 Å². The molecule has 0 aliphatic heterocycles. The standard InChI is InChI=1S/C21H26N2O3/c1-21(2,3)20(25)22-17-11-8-10-15(13-17)19(24)23(4)14-16-9-6-7-12-18(16)26-5/h6-13H,14H2,1-5H3,(H,22,25). The van der Waals surface area contributed by atoms with Crippen LogP contribution in [0, 0.1) is 5.41 Å². The number of hydrogen-bond donors (Lipinski definition) is 1. The average Bonchev–Trinajstić information content (AvgIpc) is 2.61. The molecule has 2 aromatic carbocycles. The molecule has 0 saturated heterocycles. The first kappa shape index (κ1) is 19.5. The zero-order valence-electron chi connectivity index (χ0n) is 16.0. The van der Waals surface area contributed by atoms with Gasteiger partial charge in [0.25, 0.3) is 5.91 Å². The number of methoxy groups -OCH3 is 1. The van der Waals surface area contributed by atoms with Crippen LogP contribution in [0.4, 0.5) is 5.69 Å². The number of para-hydroxylation sites is 1. The van der Waals surface area contributed by atoms with Crippen LogP contribution in [-0.2, 0) is 11.3 Å². The second kappa shape index (κ2) is 8.04. The minimum absolute atomic E-state index is 0.0931. The van der Waals surface area contributed by atoms with Crippen LogP contribution in [0.25, 0.3) is 0 Å². The second-order valence-electron chi connectivity index (χ2n) is 7.26. The Labute approximate surface area is 155 Å². The van der Waals surface area contributed by atoms with Crippen molar-refractivity contribution in [2.45, 2.75) is 27.3 Å². The van der Waals surface area contributed by atoms with E-state index in [4.69, 9.17) is 4.74 Å². The van der Waals surface area contributed by atoms with E-state index in [9.17, 15) is 9.59 Å². The first-order chi connectivity index (χ1) is 12.2. The molecule has 138 valence electrons. The minimum atomic E-state index is -0.499. The molecule has 0 fully saturated rings. The SMILES string of the molecule is COc1ccccc1CN(C)C(=O)c1cccc(NC(=O)C(C)(C)C)c1. The summed E-state index contributed by atoms with van der Waals surface area (Å²) in [4.78, 5) is 26.5. The summed E-state index contributed by atoms with van der Waals surface area (Å²) < 4.78 is 5.34. The van der Waals surface area contributed by atoms with Crippen molar-refractivity contribution in [3.8, 4) is 5.75 Å². The van der Waals surface area contributed by atoms with Crippen molar-refractivity contribution in [3.05, 3.63) is 59.7 Å². The third-order valence-electron chi connectivity index (χ3n) is 4.00. The van der Waals surface area contributed by atoms with Crippen LogP contribution in [0.1, 0.15) is 36.7 Å². The zero-order valence-corrected chi connectivity index (χ0v) is 16.0. The van der Waals surface area contributed by atoms with Crippen LogP contribution in [0.2, 0.25) is 0 Å². The molecule has 0 atom stereocenters. The van der Waals surface area contributed by atoms with Crippen molar-refractivity contribution < 1.29 is 14.3 Å². The van der Waals surface area contributed by atoms with Gasteiger partial charge in [0.2, 0.25) is 5.91 Å². The van der Waals surface area contributed by atoms with Gasteiger partial charge in [0.05, 0.1) is 7.11 Å². The molecular weight excluding hydrogens is 328 g/mol. The molecular formula is C21H26N2O3. The van der Waals surface area contributed by atoms with Crippen LogP contribution >= 0.6 is 0 Å². The molecule has 5 heteroatoms. The Morgan fingerprint density at radius 3 is 2.42 bits per heavy atom. The zero-order chi connectivity index (χ0) is 19.3. The third-order valence-corrected chi connectivity index (χ3v) is 4.00. The summed E-state index contributed by atoms with van der Waals surface area (Å²) in [5.74, 6) is 0.533. The van der Waals surface area contributed by atoms with E-state index in [1.807, 2.05) is 45.0 Å². The lowest BCUT2D eigenvalue weighted by Gasteiger charge is -2.20. The Bertz CT molecular complexity index is 794. The van der Waals surface area contributed by atoms with Crippen LogP contribution in [0.15, 0.2) is 48.5 Å². The maximum atomic E-state index is 12.8. The number of nitrogens with one attached hydrogen (secondary N) is 1. The molecule has 0 bridgehead atoms. The summed E-state index contributed by atoms with van der Waals surface area (Å²) in [6.45, 7) is 5.97. The topological polar surface area (TPSA) is 58.6 Å². The summed E-state index contributed by atoms with van der Waals surface area (Å²) >= 11 is 0. The highest BCUT2D eigenvalue weighted by Gasteiger charge is 2.21. The van der Waals surface area contributed by atoms with Crippen molar-refractivity contribution in [2.75, 3.05) is 19.5 Å². The van der Waals surface area contributed by atoms with Crippen molar-refractivity contribution >= 4 is 17.5 Å². The fraction of sp³-hybridized carbons (Fsp3) is 0.333. The lowest BCUT2D eigenvalue weighted by molar-refractivity contribution is -0.123. The lowest BCUT2D eigenvalue weighted by Crippen LogP contribution is -2.28. The highest BCUT2D eigenvalue weighted by molar-refractivity contribution is 5.98. The highest BCUT2D eigenvalue weighted by atomic mass is 16.5. The van der Waals surface area contributed by atoms with Gasteiger partial charge in [-0.05, 0) is 24.3 Å². The Kier molecular flexibility index (Phi) is 6.03. The number of benzene rings is 2. The highest BCUT2D eigenvalue weighted by Crippen LogP contribution is 2.21. The smallest absolute Gasteiger partial charge is 0.253 e. The van der Waals surface area contributed by atoms with Gasteiger partial charge in [-0.3, -0.25) is 9.59 Å². The molecule has 0 aromatic heterocycles. The van der Waals surface area contributed by atoms with E-state index in [0.717, 1.165) is 11.3 Å². The number of carbonyl (C=O) groups excluding carboxylic acids is 2. The quantitative estimate of drug-likeness (QED) is 0.884. The summed E-state index contributed by atoms with van der Waals surface area (Å²) in [5, 5.41) is 2.85. The van der Waals surface area contributed by atoms with Gasteiger partial charge in [0, 0.05) is 35.8 Å². The van der Waals surface area contributed by atoms with Gasteiger partial charge in [-0.15, -0.1) is 0 Å². The molecule has 1 N–H and O–H groups in total. The second-order valence-corrected chi connectivity index (χ2v) is 7.26. The largest absolute Gasteiger partial charge is 0.496 e. The summed E-state index contributed by atoms with van der Waals surface area (Å²) in [6.07, 6.45) is 0. The predicted molar refractivity (Wildman–Crippen MR) is 103 cm³/mol. The van der Waals surface area contributed by atoms with Gasteiger partial charge in [0.15, 0.2) is 0 Å². The average molecular weight is 354 g/mol. The fourth-order valence-electron chi connectivity index (χ4n) is 2.43. The number of rotatable bonds is 5. The normalized spacial score (nSPS) is 11.0. The predicted octanol–water partition coefficient (Wildman–Crippen LogP) is 3.95. The van der Waals surface area contributed by atoms with Crippen LogP contribution in [0.3, 0.4) is 0 Å². The fourth-order valence-corrected chi connectivity index (χ4v) is 2.43. The van der Waals surface area contributed by atoms with E-state index in [0.29, 0.717) is 17.8 Å². The van der Waals surface area contributed by atoms with Gasteiger partial charge >= 0.3 is 0 Å². The molecule has 0 unspecified atom stereocenters. The Morgan fingerprint density at radius 1 is 1.08 bits per heavy atom. The molecule has 2 aromatic rings. The van der Waals surface area contributed by atoms with Crippen molar-refractivity contribution in [1.82, 2.24) is 4.90 Å². The maximum Gasteiger partial charge on any atom is 0.253 e. The van der Waals surface area contributed by atoms with Crippen molar-refractivity contribution in [1.29, 1.82) is 0 Å². The van der Waals surface area contributed by atoms with Crippen LogP contribution in [0.5, 0.6) is 5.75 Å². The molecule has 2 amide bonds. The Morgan fingerprint density at radius 2 is 1.77 bits per heavy atom. The van der Waals surface area contributed by atoms with Gasteiger partial charge in [0.1, 0.15) is 5.75 Å². The molecule has 0 aliphatic rings. The van der Waals surface area contributed by atoms with Crippen LogP contribution in [-0.4, -0.2) is 30.9 Å². The van der Waals surface area contributed by atoms with Gasteiger partial charge < -0.3 is 15.0 Å². The molecule has 0 aliphatic carbocycles. The number of nitrogens with zero attached hydrogens (tertiary/aromatic N) is 1. The minimum Gasteiger partial charge on any atom is -0.496 e. The molecule has 0 heterocycles. The monoisotopic (exact) mass is 354 g/mol. The van der Waals surface area contributed by atoms with Gasteiger partial charge in [-0.1, -0.05) is 45.0 Å². The summed E-state index contributed by atoms with van der Waals surface area (Å²) in [5.41, 5.74) is 1.57. The number of amides is 2. The van der Waals surface area contributed by atoms with E-state index in [-0.39, 0.29) is 11.8 Å². The van der Waals surface area contributed by atoms with E-state index < -0.39 is 5.41 Å². The van der Waals surface area contributed by atoms with Gasteiger partial charge in [-0.25, -0.2) is 0 Å². The third kappa shape index (κ3) is 4.85. The number of anilines is 1. The lowest BCUT2D eigenvalue weighted by atomic mass is 9.95.